The van der Waals surface area contributed by atoms with Crippen molar-refractivity contribution in [2.75, 3.05) is 20.3 Å². The van der Waals surface area contributed by atoms with Crippen LogP contribution in [0.4, 0.5) is 0 Å². The van der Waals surface area contributed by atoms with Crippen LogP contribution in [0.3, 0.4) is 0 Å². The van der Waals surface area contributed by atoms with Gasteiger partial charge in [-0.15, -0.1) is 0 Å². The highest BCUT2D eigenvalue weighted by Gasteiger charge is 1.95. The fourth-order valence-electron chi connectivity index (χ4n) is 1.71. The van der Waals surface area contributed by atoms with Crippen LogP contribution in [0, 0.1) is 0 Å². The highest BCUT2D eigenvalue weighted by atomic mass is 16.5. The van der Waals surface area contributed by atoms with Crippen LogP contribution in [0.15, 0.2) is 24.3 Å². The molecule has 0 N–H and O–H groups in total. The fourth-order valence-corrected chi connectivity index (χ4v) is 1.71. The number of methoxy groups -OCH3 is 1. The summed E-state index contributed by atoms with van der Waals surface area (Å²) in [6.07, 6.45) is 5.81. The Balaban J connectivity index is 2.05. The van der Waals surface area contributed by atoms with Crippen molar-refractivity contribution in [1.82, 2.24) is 0 Å². The lowest BCUT2D eigenvalue weighted by molar-refractivity contribution is 0.191. The molecule has 0 heterocycles. The van der Waals surface area contributed by atoms with Crippen molar-refractivity contribution in [3.8, 4) is 5.75 Å². The lowest BCUT2D eigenvalue weighted by Gasteiger charge is -2.06. The summed E-state index contributed by atoms with van der Waals surface area (Å²) in [6, 6.07) is 8.38. The Morgan fingerprint density at radius 2 is 1.53 bits per heavy atom. The number of unbranched alkanes of at least 4 members (excludes halogenated alkanes) is 3. The van der Waals surface area contributed by atoms with E-state index >= 15 is 0 Å². The lowest BCUT2D eigenvalue weighted by Crippen LogP contribution is -1.98. The van der Waals surface area contributed by atoms with Gasteiger partial charge in [0.25, 0.3) is 0 Å². The van der Waals surface area contributed by atoms with Gasteiger partial charge in [-0.05, 0) is 43.4 Å². The molecule has 1 rings (SSSR count). The highest BCUT2D eigenvalue weighted by Crippen LogP contribution is 2.13. The van der Waals surface area contributed by atoms with Gasteiger partial charge in [0, 0.05) is 13.7 Å². The summed E-state index contributed by atoms with van der Waals surface area (Å²) in [5.74, 6) is 0.985. The van der Waals surface area contributed by atoms with Crippen molar-refractivity contribution in [2.45, 2.75) is 39.0 Å². The van der Waals surface area contributed by atoms with E-state index in [1.165, 1.54) is 18.4 Å². The summed E-state index contributed by atoms with van der Waals surface area (Å²) >= 11 is 0. The molecule has 1 aromatic carbocycles. The maximum absolute atomic E-state index is 5.68. The Morgan fingerprint density at radius 1 is 0.882 bits per heavy atom. The van der Waals surface area contributed by atoms with E-state index < -0.39 is 0 Å². The first-order valence-electron chi connectivity index (χ1n) is 6.57. The molecule has 0 unspecified atom stereocenters. The topological polar surface area (TPSA) is 18.5 Å². The standard InChI is InChI=1S/C15H24O2/c1-3-14-8-10-15(11-9-14)17-13-7-5-4-6-12-16-2/h8-11H,3-7,12-13H2,1-2H3. The minimum Gasteiger partial charge on any atom is -0.494 e. The zero-order valence-electron chi connectivity index (χ0n) is 11.1. The molecule has 0 spiro atoms. The van der Waals surface area contributed by atoms with E-state index in [9.17, 15) is 0 Å². The van der Waals surface area contributed by atoms with Gasteiger partial charge in [0.05, 0.1) is 6.61 Å². The van der Waals surface area contributed by atoms with Crippen LogP contribution in [-0.2, 0) is 11.2 Å². The molecule has 0 saturated carbocycles. The first-order valence-corrected chi connectivity index (χ1v) is 6.57. The molecule has 2 nitrogen and oxygen atoms in total. The van der Waals surface area contributed by atoms with Crippen LogP contribution in [0.5, 0.6) is 5.75 Å². The second-order valence-corrected chi connectivity index (χ2v) is 4.25. The van der Waals surface area contributed by atoms with E-state index in [0.717, 1.165) is 38.2 Å². The van der Waals surface area contributed by atoms with Gasteiger partial charge in [-0.1, -0.05) is 25.5 Å². The van der Waals surface area contributed by atoms with E-state index in [1.54, 1.807) is 7.11 Å². The smallest absolute Gasteiger partial charge is 0.119 e. The highest BCUT2D eigenvalue weighted by molar-refractivity contribution is 5.27. The van der Waals surface area contributed by atoms with E-state index in [2.05, 4.69) is 31.2 Å². The van der Waals surface area contributed by atoms with E-state index in [4.69, 9.17) is 9.47 Å². The van der Waals surface area contributed by atoms with Crippen molar-refractivity contribution in [3.63, 3.8) is 0 Å². The van der Waals surface area contributed by atoms with Gasteiger partial charge in [-0.2, -0.15) is 0 Å². The molecule has 96 valence electrons. The average molecular weight is 236 g/mol. The predicted molar refractivity (Wildman–Crippen MR) is 71.7 cm³/mol. The van der Waals surface area contributed by atoms with Gasteiger partial charge in [-0.3, -0.25) is 0 Å². The van der Waals surface area contributed by atoms with Gasteiger partial charge in [0.2, 0.25) is 0 Å². The summed E-state index contributed by atoms with van der Waals surface area (Å²) in [5.41, 5.74) is 1.36. The van der Waals surface area contributed by atoms with E-state index in [-0.39, 0.29) is 0 Å². The maximum atomic E-state index is 5.68. The summed E-state index contributed by atoms with van der Waals surface area (Å²) in [7, 11) is 1.75. The lowest BCUT2D eigenvalue weighted by atomic mass is 10.2. The molecule has 0 aliphatic heterocycles. The van der Waals surface area contributed by atoms with E-state index in [0.29, 0.717) is 0 Å². The first-order chi connectivity index (χ1) is 8.36. The quantitative estimate of drug-likeness (QED) is 0.607. The first kappa shape index (κ1) is 14.0. The number of aryl methyl sites for hydroxylation is 1. The molecule has 17 heavy (non-hydrogen) atoms. The summed E-state index contributed by atoms with van der Waals surface area (Å²) < 4.78 is 10.7. The van der Waals surface area contributed by atoms with E-state index in [1.807, 2.05) is 0 Å². The summed E-state index contributed by atoms with van der Waals surface area (Å²) in [4.78, 5) is 0. The third-order valence-corrected chi connectivity index (χ3v) is 2.84. The molecule has 0 aliphatic rings. The van der Waals surface area contributed by atoms with Crippen molar-refractivity contribution >= 4 is 0 Å². The van der Waals surface area contributed by atoms with Crippen molar-refractivity contribution in [2.24, 2.45) is 0 Å². The molecule has 0 aliphatic carbocycles. The van der Waals surface area contributed by atoms with Gasteiger partial charge in [-0.25, -0.2) is 0 Å². The number of hydrogen-bond acceptors (Lipinski definition) is 2. The predicted octanol–water partition coefficient (Wildman–Crippen LogP) is 3.83. The Labute approximate surface area is 105 Å². The van der Waals surface area contributed by atoms with Gasteiger partial charge >= 0.3 is 0 Å². The summed E-state index contributed by atoms with van der Waals surface area (Å²) in [5, 5.41) is 0. The van der Waals surface area contributed by atoms with Crippen LogP contribution < -0.4 is 4.74 Å². The Hall–Kier alpha value is -1.02. The van der Waals surface area contributed by atoms with Crippen LogP contribution in [0.1, 0.15) is 38.2 Å². The minimum atomic E-state index is 0.818. The molecule has 0 fully saturated rings. The number of ether oxygens (including phenoxy) is 2. The third kappa shape index (κ3) is 6.32. The molecule has 2 heteroatoms. The SMILES string of the molecule is CCc1ccc(OCCCCCCOC)cc1. The number of hydrogen-bond donors (Lipinski definition) is 0. The Kier molecular flexibility index (Phi) is 7.48. The molecular weight excluding hydrogens is 212 g/mol. The molecular formula is C15H24O2. The second kappa shape index (κ2) is 9.06. The fraction of sp³-hybridized carbons (Fsp3) is 0.600. The van der Waals surface area contributed by atoms with Crippen molar-refractivity contribution in [3.05, 3.63) is 29.8 Å². The Morgan fingerprint density at radius 3 is 2.12 bits per heavy atom. The van der Waals surface area contributed by atoms with Gasteiger partial charge in [0.15, 0.2) is 0 Å². The molecule has 0 amide bonds. The molecule has 0 atom stereocenters. The molecule has 0 saturated heterocycles. The largest absolute Gasteiger partial charge is 0.494 e. The van der Waals surface area contributed by atoms with Crippen LogP contribution >= 0.6 is 0 Å². The molecule has 0 radical (unpaired) electrons. The van der Waals surface area contributed by atoms with Gasteiger partial charge < -0.3 is 9.47 Å². The van der Waals surface area contributed by atoms with Crippen molar-refractivity contribution in [1.29, 1.82) is 0 Å². The molecule has 0 bridgehead atoms. The third-order valence-electron chi connectivity index (χ3n) is 2.84. The number of benzene rings is 1. The molecule has 0 aromatic heterocycles. The molecule has 1 aromatic rings. The van der Waals surface area contributed by atoms with Crippen molar-refractivity contribution < 1.29 is 9.47 Å². The second-order valence-electron chi connectivity index (χ2n) is 4.25. The minimum absolute atomic E-state index is 0.818. The van der Waals surface area contributed by atoms with Crippen LogP contribution in [0.2, 0.25) is 0 Å². The zero-order valence-corrected chi connectivity index (χ0v) is 11.1. The van der Waals surface area contributed by atoms with Crippen LogP contribution in [0.25, 0.3) is 0 Å². The number of rotatable bonds is 9. The van der Waals surface area contributed by atoms with Crippen LogP contribution in [-0.4, -0.2) is 20.3 Å². The maximum Gasteiger partial charge on any atom is 0.119 e. The monoisotopic (exact) mass is 236 g/mol. The van der Waals surface area contributed by atoms with Gasteiger partial charge in [0.1, 0.15) is 5.75 Å². The average Bonchev–Trinajstić information content (AvgIpc) is 2.38. The summed E-state index contributed by atoms with van der Waals surface area (Å²) in [6.45, 7) is 3.85. The normalized spacial score (nSPS) is 10.5. The Bertz CT molecular complexity index is 279. The zero-order chi connectivity index (χ0) is 12.3.